The molecule has 8 amide bonds. The topological polar surface area (TPSA) is 291 Å². The molecule has 9 rings (SSSR count). The molecular weight excluding hydrogens is 1120 g/mol. The standard InChI is InChI=1S/C65H77N11O11.CH4/c1-40(2)59(73-58(77)18-6-5-11-23-66)61(79)72-52(17-12-24-68-64(67)82)60(78)71-47-21-19-42(20-22-47)39-87-65(83)74(25-27-85-55-33-53-50(29-41(55)3)62(80)75-37-45-15-9-7-13-43(45)30-48(75)35-69-53)26-28-86-57-34-54-51(32-56(57)84-4)63(81)76-38-46-16-10-8-14-44(46)31-49(76)36-70-54;/h7-10,13-16,19-22,29,32-36,40,48-49,52,59H,5-6,11-12,17-18,23-28,30-31,37-39,66H2,1-4H3,(H,71,78)(H,72,79)(H,73,77)(H3,67,68,82);1H4. The average Bonchev–Trinajstić information content (AvgIpc) is 2.20. The number of unbranched alkanes of at least 4 members (excludes halogenated alkanes) is 2. The number of benzene rings is 5. The zero-order valence-electron chi connectivity index (χ0n) is 49.7. The molecule has 4 unspecified atom stereocenters. The summed E-state index contributed by atoms with van der Waals surface area (Å²) in [5, 5.41) is 11.0. The second-order valence-corrected chi connectivity index (χ2v) is 22.5. The molecule has 0 spiro atoms. The van der Waals surface area contributed by atoms with Gasteiger partial charge in [-0.05, 0) is 116 Å². The van der Waals surface area contributed by atoms with E-state index in [4.69, 9.17) is 40.4 Å². The number of carbonyl (C=O) groups excluding carboxylic acids is 7. The molecule has 4 aliphatic rings. The van der Waals surface area contributed by atoms with Gasteiger partial charge in [-0.15, -0.1) is 0 Å². The van der Waals surface area contributed by atoms with Gasteiger partial charge in [0.2, 0.25) is 17.7 Å². The lowest BCUT2D eigenvalue weighted by molar-refractivity contribution is -0.132. The Morgan fingerprint density at radius 1 is 0.705 bits per heavy atom. The van der Waals surface area contributed by atoms with E-state index in [-0.39, 0.29) is 95.4 Å². The molecule has 0 bridgehead atoms. The number of urea groups is 1. The van der Waals surface area contributed by atoms with E-state index in [2.05, 4.69) is 33.4 Å². The molecule has 5 aromatic rings. The van der Waals surface area contributed by atoms with Gasteiger partial charge in [-0.25, -0.2) is 9.59 Å². The first-order chi connectivity index (χ1) is 42.1. The number of rotatable bonds is 26. The average molecular weight is 1200 g/mol. The molecule has 0 aromatic heterocycles. The first kappa shape index (κ1) is 64.7. The van der Waals surface area contributed by atoms with E-state index in [1.807, 2.05) is 59.3 Å². The van der Waals surface area contributed by atoms with E-state index >= 15 is 0 Å². The van der Waals surface area contributed by atoms with E-state index in [1.165, 1.54) is 23.1 Å². The Morgan fingerprint density at radius 3 is 1.86 bits per heavy atom. The Labute approximate surface area is 513 Å². The maximum absolute atomic E-state index is 14.2. The minimum Gasteiger partial charge on any atom is -0.493 e. The van der Waals surface area contributed by atoms with Gasteiger partial charge in [-0.1, -0.05) is 88.4 Å². The monoisotopic (exact) mass is 1200 g/mol. The quantitative estimate of drug-likeness (QED) is 0.0289. The molecule has 5 aromatic carbocycles. The third-order valence-corrected chi connectivity index (χ3v) is 16.0. The number of primary amides is 1. The number of methoxy groups -OCH3 is 1. The van der Waals surface area contributed by atoms with Crippen LogP contribution >= 0.6 is 0 Å². The fraction of sp³-hybridized carbons (Fsp3) is 0.409. The van der Waals surface area contributed by atoms with Gasteiger partial charge in [-0.2, -0.15) is 0 Å². The van der Waals surface area contributed by atoms with Crippen LogP contribution < -0.4 is 46.9 Å². The summed E-state index contributed by atoms with van der Waals surface area (Å²) >= 11 is 0. The Bertz CT molecular complexity index is 3410. The Hall–Kier alpha value is -9.31. The number of aryl methyl sites for hydroxylation is 1. The number of fused-ring (bicyclic) bond motifs is 6. The second-order valence-electron chi connectivity index (χ2n) is 22.5. The summed E-state index contributed by atoms with van der Waals surface area (Å²) in [5.41, 5.74) is 18.9. The van der Waals surface area contributed by atoms with Gasteiger partial charge in [0.1, 0.15) is 37.7 Å². The van der Waals surface area contributed by atoms with Gasteiger partial charge in [0.25, 0.3) is 11.8 Å². The minimum absolute atomic E-state index is 0. The number of aliphatic imine (C=N–C) groups is 2. The van der Waals surface area contributed by atoms with Gasteiger partial charge in [0.05, 0.1) is 54.8 Å². The van der Waals surface area contributed by atoms with Crippen molar-refractivity contribution in [3.8, 4) is 17.2 Å². The Kier molecular flexibility index (Phi) is 22.3. The number of nitrogens with one attached hydrogen (secondary N) is 4. The lowest BCUT2D eigenvalue weighted by Gasteiger charge is -2.34. The van der Waals surface area contributed by atoms with Gasteiger partial charge < -0.3 is 66.4 Å². The summed E-state index contributed by atoms with van der Waals surface area (Å²) in [7, 11) is 1.49. The van der Waals surface area contributed by atoms with Gasteiger partial charge in [0, 0.05) is 56.3 Å². The van der Waals surface area contributed by atoms with Crippen LogP contribution in [0, 0.1) is 12.8 Å². The van der Waals surface area contributed by atoms with Crippen LogP contribution in [0.5, 0.6) is 17.2 Å². The number of amides is 8. The van der Waals surface area contributed by atoms with Crippen LogP contribution in [-0.4, -0.2) is 139 Å². The van der Waals surface area contributed by atoms with Crippen molar-refractivity contribution in [2.24, 2.45) is 27.4 Å². The van der Waals surface area contributed by atoms with Crippen LogP contribution in [-0.2, 0) is 51.7 Å². The number of anilines is 1. The van der Waals surface area contributed by atoms with E-state index in [0.29, 0.717) is 102 Å². The molecule has 4 atom stereocenters. The first-order valence-corrected chi connectivity index (χ1v) is 29.7. The molecular formula is C66H81N11O11. The van der Waals surface area contributed by atoms with Gasteiger partial charge in [-0.3, -0.25) is 34.0 Å². The molecule has 4 aliphatic heterocycles. The molecule has 0 aliphatic carbocycles. The Morgan fingerprint density at radius 2 is 1.28 bits per heavy atom. The maximum Gasteiger partial charge on any atom is 0.410 e. The lowest BCUT2D eigenvalue weighted by Crippen LogP contribution is -2.54. The SMILES string of the molecule is C.COc1cc2c(cc1OCCN(CCOc1cc3c(cc1C)C(=O)N1Cc4ccccc4CC1C=N3)C(=O)OCc1ccc(NC(=O)C(CCCNC(N)=O)NC(=O)C(NC(=O)CCCCCN)C(C)C)cc1)N=CC1Cc3ccccc3CN1C2=O. The molecule has 0 fully saturated rings. The number of carbonyl (C=O) groups is 7. The molecule has 0 saturated carbocycles. The summed E-state index contributed by atoms with van der Waals surface area (Å²) in [6.45, 7) is 6.99. The van der Waals surface area contributed by atoms with Crippen LogP contribution in [0.3, 0.4) is 0 Å². The number of nitrogens with two attached hydrogens (primary N) is 2. The highest BCUT2D eigenvalue weighted by Crippen LogP contribution is 2.39. The highest BCUT2D eigenvalue weighted by Gasteiger charge is 2.36. The van der Waals surface area contributed by atoms with E-state index in [1.54, 1.807) is 68.6 Å². The summed E-state index contributed by atoms with van der Waals surface area (Å²) in [5.74, 6) is -0.803. The van der Waals surface area contributed by atoms with Crippen LogP contribution in [0.4, 0.5) is 26.7 Å². The third kappa shape index (κ3) is 16.2. The van der Waals surface area contributed by atoms with Crippen LogP contribution in [0.25, 0.3) is 0 Å². The zero-order valence-corrected chi connectivity index (χ0v) is 49.7. The molecule has 4 heterocycles. The molecule has 0 saturated heterocycles. The van der Waals surface area contributed by atoms with Crippen LogP contribution in [0.15, 0.2) is 107 Å². The molecule has 0 radical (unpaired) electrons. The van der Waals surface area contributed by atoms with Gasteiger partial charge >= 0.3 is 12.1 Å². The van der Waals surface area contributed by atoms with Crippen molar-refractivity contribution in [1.29, 1.82) is 0 Å². The smallest absolute Gasteiger partial charge is 0.410 e. The molecule has 22 heteroatoms. The van der Waals surface area contributed by atoms with E-state index in [9.17, 15) is 33.6 Å². The van der Waals surface area contributed by atoms with Crippen molar-refractivity contribution in [3.05, 3.63) is 142 Å². The molecule has 466 valence electrons. The van der Waals surface area contributed by atoms with Crippen molar-refractivity contribution in [1.82, 2.24) is 30.7 Å². The minimum atomic E-state index is -1.05. The van der Waals surface area contributed by atoms with Gasteiger partial charge in [0.15, 0.2) is 11.5 Å². The largest absolute Gasteiger partial charge is 0.493 e. The van der Waals surface area contributed by atoms with Crippen LogP contribution in [0.1, 0.15) is 114 Å². The van der Waals surface area contributed by atoms with Crippen molar-refractivity contribution < 1.29 is 52.5 Å². The maximum atomic E-state index is 14.2. The van der Waals surface area contributed by atoms with Crippen LogP contribution in [0.2, 0.25) is 0 Å². The van der Waals surface area contributed by atoms with Crippen molar-refractivity contribution in [3.63, 3.8) is 0 Å². The fourth-order valence-electron chi connectivity index (χ4n) is 11.1. The number of nitrogens with zero attached hydrogens (tertiary/aromatic N) is 5. The third-order valence-electron chi connectivity index (χ3n) is 16.0. The van der Waals surface area contributed by atoms with E-state index in [0.717, 1.165) is 24.0 Å². The number of hydrogen-bond donors (Lipinski definition) is 6. The summed E-state index contributed by atoms with van der Waals surface area (Å²) in [6, 6.07) is 26.6. The van der Waals surface area contributed by atoms with E-state index < -0.39 is 36.0 Å². The predicted octanol–water partition coefficient (Wildman–Crippen LogP) is 7.83. The number of hydrogen-bond acceptors (Lipinski definition) is 14. The first-order valence-electron chi connectivity index (χ1n) is 29.7. The molecule has 88 heavy (non-hydrogen) atoms. The zero-order chi connectivity index (χ0) is 61.6. The molecule has 22 nitrogen and oxygen atoms in total. The summed E-state index contributed by atoms with van der Waals surface area (Å²) < 4.78 is 24.3. The molecule has 8 N–H and O–H groups in total. The highest BCUT2D eigenvalue weighted by atomic mass is 16.6. The fourth-order valence-corrected chi connectivity index (χ4v) is 11.1. The lowest BCUT2D eigenvalue weighted by atomic mass is 9.94. The number of ether oxygens (including phenoxy) is 4. The second kappa shape index (κ2) is 30.4. The van der Waals surface area contributed by atoms with Crippen molar-refractivity contribution >= 4 is 71.2 Å². The summed E-state index contributed by atoms with van der Waals surface area (Å²) in [4.78, 5) is 109. The van der Waals surface area contributed by atoms with Crippen molar-refractivity contribution in [2.75, 3.05) is 51.8 Å². The Balaban J connectivity index is 0.0000100. The van der Waals surface area contributed by atoms with Crippen molar-refractivity contribution in [2.45, 2.75) is 123 Å². The predicted molar refractivity (Wildman–Crippen MR) is 336 cm³/mol. The highest BCUT2D eigenvalue weighted by molar-refractivity contribution is 6.04. The summed E-state index contributed by atoms with van der Waals surface area (Å²) in [6.07, 6.45) is 7.11. The normalized spacial score (nSPS) is 15.8.